The Morgan fingerprint density at radius 3 is 2.46 bits per heavy atom. The zero-order valence-electron chi connectivity index (χ0n) is 14.4. The number of carboxylic acid groups (broad SMARTS) is 1. The fraction of sp³-hybridized carbons (Fsp3) is 0.300. The van der Waals surface area contributed by atoms with Crippen LogP contribution in [0.1, 0.15) is 24.0 Å². The minimum absolute atomic E-state index is 0.0990. The second-order valence-electron chi connectivity index (χ2n) is 5.90. The summed E-state index contributed by atoms with van der Waals surface area (Å²) in [6, 6.07) is 14.4. The molecule has 2 N–H and O–H groups in total. The van der Waals surface area contributed by atoms with Gasteiger partial charge in [-0.3, -0.25) is 4.79 Å². The van der Waals surface area contributed by atoms with Crippen molar-refractivity contribution in [1.82, 2.24) is 5.32 Å². The molecule has 0 radical (unpaired) electrons. The number of amides is 1. The Morgan fingerprint density at radius 2 is 1.77 bits per heavy atom. The Morgan fingerprint density at radius 1 is 1.08 bits per heavy atom. The van der Waals surface area contributed by atoms with Gasteiger partial charge in [-0.2, -0.15) is 0 Å². The third kappa shape index (κ3) is 6.64. The van der Waals surface area contributed by atoms with Crippen LogP contribution in [0.4, 0.5) is 4.39 Å². The molecule has 0 aliphatic rings. The maximum Gasteiger partial charge on any atom is 0.326 e. The molecule has 1 unspecified atom stereocenters. The van der Waals surface area contributed by atoms with Crippen LogP contribution in [0, 0.1) is 5.82 Å². The van der Waals surface area contributed by atoms with Gasteiger partial charge in [-0.25, -0.2) is 9.18 Å². The predicted molar refractivity (Wildman–Crippen MR) is 95.0 cm³/mol. The lowest BCUT2D eigenvalue weighted by Gasteiger charge is -2.15. The van der Waals surface area contributed by atoms with Crippen molar-refractivity contribution in [1.29, 1.82) is 0 Å². The quantitative estimate of drug-likeness (QED) is 0.640. The lowest BCUT2D eigenvalue weighted by Crippen LogP contribution is -2.42. The number of hydrogen-bond donors (Lipinski definition) is 2. The summed E-state index contributed by atoms with van der Waals surface area (Å²) in [5.74, 6) is -2.07. The van der Waals surface area contributed by atoms with Crippen LogP contribution in [0.2, 0.25) is 0 Å². The summed E-state index contributed by atoms with van der Waals surface area (Å²) in [6.07, 6.45) is 0.527. The van der Waals surface area contributed by atoms with Crippen molar-refractivity contribution < 1.29 is 23.8 Å². The molecule has 1 amide bonds. The summed E-state index contributed by atoms with van der Waals surface area (Å²) < 4.78 is 19.1. The highest BCUT2D eigenvalue weighted by Crippen LogP contribution is 2.10. The minimum atomic E-state index is -1.19. The third-order valence-corrected chi connectivity index (χ3v) is 3.82. The molecule has 0 bridgehead atoms. The maximum atomic E-state index is 13.7. The molecule has 0 heterocycles. The van der Waals surface area contributed by atoms with Crippen molar-refractivity contribution >= 4 is 11.9 Å². The molecule has 5 nitrogen and oxygen atoms in total. The van der Waals surface area contributed by atoms with Gasteiger partial charge in [-0.1, -0.05) is 48.5 Å². The van der Waals surface area contributed by atoms with E-state index in [1.807, 2.05) is 30.3 Å². The number of nitrogens with one attached hydrogen (secondary N) is 1. The first-order valence-corrected chi connectivity index (χ1v) is 8.43. The molecule has 0 spiro atoms. The summed E-state index contributed by atoms with van der Waals surface area (Å²) in [4.78, 5) is 23.3. The number of carbonyl (C=O) groups is 2. The van der Waals surface area contributed by atoms with Gasteiger partial charge in [-0.15, -0.1) is 0 Å². The average molecular weight is 359 g/mol. The van der Waals surface area contributed by atoms with E-state index in [9.17, 15) is 19.1 Å². The van der Waals surface area contributed by atoms with Crippen LogP contribution in [0.3, 0.4) is 0 Å². The standard InChI is InChI=1S/C20H22FNO4/c21-17-10-5-4-9-16(17)13-18(20(24)25)22-19(23)11-6-12-26-14-15-7-2-1-3-8-15/h1-5,7-10,18H,6,11-14H2,(H,22,23)(H,24,25). The van der Waals surface area contributed by atoms with Gasteiger partial charge < -0.3 is 15.2 Å². The lowest BCUT2D eigenvalue weighted by atomic mass is 10.1. The zero-order valence-corrected chi connectivity index (χ0v) is 14.4. The molecule has 6 heteroatoms. The van der Waals surface area contributed by atoms with E-state index >= 15 is 0 Å². The maximum absolute atomic E-state index is 13.7. The van der Waals surface area contributed by atoms with E-state index in [1.165, 1.54) is 18.2 Å². The first-order chi connectivity index (χ1) is 12.6. The molecule has 0 aliphatic heterocycles. The monoisotopic (exact) mass is 359 g/mol. The molecule has 0 fully saturated rings. The number of halogens is 1. The fourth-order valence-corrected chi connectivity index (χ4v) is 2.45. The lowest BCUT2D eigenvalue weighted by molar-refractivity contribution is -0.141. The average Bonchev–Trinajstić information content (AvgIpc) is 2.63. The summed E-state index contributed by atoms with van der Waals surface area (Å²) >= 11 is 0. The highest BCUT2D eigenvalue weighted by molar-refractivity contribution is 5.83. The van der Waals surface area contributed by atoms with Crippen LogP contribution in [-0.4, -0.2) is 29.6 Å². The van der Waals surface area contributed by atoms with Crippen LogP contribution in [0.5, 0.6) is 0 Å². The Bertz CT molecular complexity index is 721. The molecule has 0 saturated carbocycles. The molecule has 0 saturated heterocycles. The number of aliphatic carboxylic acids is 1. The molecular formula is C20H22FNO4. The van der Waals surface area contributed by atoms with Crippen molar-refractivity contribution in [2.75, 3.05) is 6.61 Å². The molecule has 26 heavy (non-hydrogen) atoms. The fourth-order valence-electron chi connectivity index (χ4n) is 2.45. The SMILES string of the molecule is O=C(CCCOCc1ccccc1)NC(Cc1ccccc1F)C(=O)O. The molecular weight excluding hydrogens is 337 g/mol. The molecule has 0 aromatic heterocycles. The first kappa shape index (κ1) is 19.6. The van der Waals surface area contributed by atoms with E-state index in [4.69, 9.17) is 4.74 Å². The Balaban J connectivity index is 1.72. The van der Waals surface area contributed by atoms with E-state index in [1.54, 1.807) is 6.07 Å². The number of hydrogen-bond acceptors (Lipinski definition) is 3. The smallest absolute Gasteiger partial charge is 0.326 e. The van der Waals surface area contributed by atoms with Gasteiger partial charge in [0.2, 0.25) is 5.91 Å². The van der Waals surface area contributed by atoms with Crippen molar-refractivity contribution in [2.24, 2.45) is 0 Å². The number of benzene rings is 2. The van der Waals surface area contributed by atoms with Crippen LogP contribution in [0.25, 0.3) is 0 Å². The normalized spacial score (nSPS) is 11.7. The molecule has 2 aromatic rings. The number of carboxylic acids is 1. The first-order valence-electron chi connectivity index (χ1n) is 8.43. The Hall–Kier alpha value is -2.73. The summed E-state index contributed by atoms with van der Waals surface area (Å²) in [5, 5.41) is 11.7. The highest BCUT2D eigenvalue weighted by atomic mass is 19.1. The van der Waals surface area contributed by atoms with E-state index in [0.29, 0.717) is 19.6 Å². The van der Waals surface area contributed by atoms with E-state index in [0.717, 1.165) is 5.56 Å². The highest BCUT2D eigenvalue weighted by Gasteiger charge is 2.21. The molecule has 0 aliphatic carbocycles. The van der Waals surface area contributed by atoms with E-state index in [2.05, 4.69) is 5.32 Å². The van der Waals surface area contributed by atoms with Crippen LogP contribution < -0.4 is 5.32 Å². The van der Waals surface area contributed by atoms with Gasteiger partial charge in [-0.05, 0) is 23.6 Å². The summed E-state index contributed by atoms with van der Waals surface area (Å²) in [5.41, 5.74) is 1.30. The van der Waals surface area contributed by atoms with Gasteiger partial charge in [0.1, 0.15) is 11.9 Å². The second-order valence-corrected chi connectivity index (χ2v) is 5.90. The van der Waals surface area contributed by atoms with Crippen LogP contribution >= 0.6 is 0 Å². The van der Waals surface area contributed by atoms with Gasteiger partial charge in [0.25, 0.3) is 0 Å². The molecule has 2 rings (SSSR count). The van der Waals surface area contributed by atoms with Gasteiger partial charge in [0.15, 0.2) is 0 Å². The Labute approximate surface area is 151 Å². The Kier molecular flexibility index (Phi) is 7.76. The van der Waals surface area contributed by atoms with Crippen molar-refractivity contribution in [2.45, 2.75) is 31.9 Å². The number of rotatable bonds is 10. The van der Waals surface area contributed by atoms with Crippen LogP contribution in [0.15, 0.2) is 54.6 Å². The summed E-state index contributed by atoms with van der Waals surface area (Å²) in [7, 11) is 0. The number of ether oxygens (including phenoxy) is 1. The topological polar surface area (TPSA) is 75.6 Å². The van der Waals surface area contributed by atoms with Crippen molar-refractivity contribution in [3.8, 4) is 0 Å². The molecule has 2 aromatic carbocycles. The largest absolute Gasteiger partial charge is 0.480 e. The van der Waals surface area contributed by atoms with E-state index < -0.39 is 23.7 Å². The van der Waals surface area contributed by atoms with Crippen LogP contribution in [-0.2, 0) is 27.4 Å². The third-order valence-electron chi connectivity index (χ3n) is 3.82. The van der Waals surface area contributed by atoms with Crippen molar-refractivity contribution in [3.63, 3.8) is 0 Å². The summed E-state index contributed by atoms with van der Waals surface area (Å²) in [6.45, 7) is 0.862. The van der Waals surface area contributed by atoms with Crippen molar-refractivity contribution in [3.05, 3.63) is 71.5 Å². The minimum Gasteiger partial charge on any atom is -0.480 e. The number of carbonyl (C=O) groups excluding carboxylic acids is 1. The van der Waals surface area contributed by atoms with E-state index in [-0.39, 0.29) is 18.4 Å². The van der Waals surface area contributed by atoms with Gasteiger partial charge >= 0.3 is 5.97 Å². The van der Waals surface area contributed by atoms with Gasteiger partial charge in [0.05, 0.1) is 6.61 Å². The predicted octanol–water partition coefficient (Wildman–Crippen LogP) is 2.93. The zero-order chi connectivity index (χ0) is 18.8. The second kappa shape index (κ2) is 10.3. The molecule has 138 valence electrons. The van der Waals surface area contributed by atoms with Gasteiger partial charge in [0, 0.05) is 19.4 Å². The molecule has 1 atom stereocenters.